The van der Waals surface area contributed by atoms with Gasteiger partial charge in [0.1, 0.15) is 5.00 Å². The van der Waals surface area contributed by atoms with E-state index in [0.717, 1.165) is 87.7 Å². The maximum absolute atomic E-state index is 13.1. The number of hydrogen-bond donors (Lipinski definition) is 3. The Labute approximate surface area is 201 Å². The third-order valence-electron chi connectivity index (χ3n) is 6.64. The van der Waals surface area contributed by atoms with Crippen molar-refractivity contribution in [1.29, 1.82) is 0 Å². The maximum Gasteiger partial charge on any atom is 0.341 e. The van der Waals surface area contributed by atoms with Crippen LogP contribution in [-0.4, -0.2) is 43.5 Å². The average Bonchev–Trinajstić information content (AvgIpc) is 3.18. The van der Waals surface area contributed by atoms with Gasteiger partial charge in [0.2, 0.25) is 0 Å². The number of Topliss-reactive ketones (excluding diaryl/α,β-unsaturated/α-hetero) is 1. The predicted octanol–water partition coefficient (Wildman–Crippen LogP) is 4.83. The molecule has 2 heterocycles. The Morgan fingerprint density at radius 3 is 2.58 bits per heavy atom. The van der Waals surface area contributed by atoms with E-state index in [-0.39, 0.29) is 17.7 Å². The molecule has 7 nitrogen and oxygen atoms in total. The number of nitrogens with one attached hydrogen (secondary N) is 3. The molecule has 1 atom stereocenters. The number of amides is 2. The molecular formula is C25H39N3O4S. The van der Waals surface area contributed by atoms with Crippen molar-refractivity contribution in [2.45, 2.75) is 90.5 Å². The van der Waals surface area contributed by atoms with Crippen LogP contribution in [-0.2, 0) is 22.4 Å². The summed E-state index contributed by atoms with van der Waals surface area (Å²) in [6, 6.07) is -0.904. The van der Waals surface area contributed by atoms with Gasteiger partial charge in [-0.15, -0.1) is 11.3 Å². The molecule has 0 aromatic carbocycles. The van der Waals surface area contributed by atoms with Crippen molar-refractivity contribution in [1.82, 2.24) is 10.6 Å². The minimum atomic E-state index is -0.491. The lowest BCUT2D eigenvalue weighted by molar-refractivity contribution is -0.122. The number of aryl methyl sites for hydroxylation is 1. The van der Waals surface area contributed by atoms with Gasteiger partial charge in [0, 0.05) is 11.3 Å². The van der Waals surface area contributed by atoms with Gasteiger partial charge in [-0.3, -0.25) is 10.1 Å². The van der Waals surface area contributed by atoms with Crippen LogP contribution in [0.1, 0.15) is 92.4 Å². The van der Waals surface area contributed by atoms with Crippen molar-refractivity contribution >= 4 is 34.1 Å². The number of carbonyl (C=O) groups is 3. The number of esters is 1. The van der Waals surface area contributed by atoms with Gasteiger partial charge < -0.3 is 15.4 Å². The van der Waals surface area contributed by atoms with Crippen LogP contribution in [0, 0.1) is 5.92 Å². The highest BCUT2D eigenvalue weighted by atomic mass is 32.1. The number of ketones is 1. The van der Waals surface area contributed by atoms with Crippen molar-refractivity contribution in [3.05, 3.63) is 16.0 Å². The van der Waals surface area contributed by atoms with Crippen LogP contribution in [0.2, 0.25) is 0 Å². The third kappa shape index (κ3) is 7.03. The number of ether oxygens (including phenoxy) is 1. The number of unbranched alkanes of at least 4 members (excludes halogenated alkanes) is 3. The molecule has 1 aliphatic carbocycles. The van der Waals surface area contributed by atoms with E-state index in [9.17, 15) is 14.4 Å². The molecule has 0 radical (unpaired) electrons. The van der Waals surface area contributed by atoms with Crippen molar-refractivity contribution in [3.63, 3.8) is 0 Å². The first kappa shape index (κ1) is 25.7. The number of piperidine rings is 1. The highest BCUT2D eigenvalue weighted by Gasteiger charge is 2.32. The summed E-state index contributed by atoms with van der Waals surface area (Å²) in [7, 11) is 0. The zero-order valence-corrected chi connectivity index (χ0v) is 20.9. The Balaban J connectivity index is 1.72. The van der Waals surface area contributed by atoms with Gasteiger partial charge in [-0.1, -0.05) is 26.2 Å². The molecule has 8 heteroatoms. The molecule has 1 unspecified atom stereocenters. The zero-order chi connectivity index (χ0) is 23.6. The van der Waals surface area contributed by atoms with Crippen molar-refractivity contribution < 1.29 is 19.1 Å². The lowest BCUT2D eigenvalue weighted by Crippen LogP contribution is -2.50. The van der Waals surface area contributed by atoms with E-state index in [2.05, 4.69) is 22.9 Å². The molecule has 0 spiro atoms. The molecule has 184 valence electrons. The molecule has 33 heavy (non-hydrogen) atoms. The van der Waals surface area contributed by atoms with Gasteiger partial charge in [0.05, 0.1) is 18.2 Å². The Morgan fingerprint density at radius 2 is 1.85 bits per heavy atom. The minimum Gasteiger partial charge on any atom is -0.462 e. The SMILES string of the molecule is CCCCCCC(=O)C(NC(=O)Nc1sc2c(c1C(=O)OCC)CCCC2)C1CCNCC1. The lowest BCUT2D eigenvalue weighted by atomic mass is 9.86. The predicted molar refractivity (Wildman–Crippen MR) is 132 cm³/mol. The van der Waals surface area contributed by atoms with Crippen molar-refractivity contribution in [2.24, 2.45) is 5.92 Å². The van der Waals surface area contributed by atoms with Gasteiger partial charge in [0.15, 0.2) is 5.78 Å². The monoisotopic (exact) mass is 477 g/mol. The van der Waals surface area contributed by atoms with Gasteiger partial charge in [-0.2, -0.15) is 0 Å². The number of carbonyl (C=O) groups excluding carboxylic acids is 3. The summed E-state index contributed by atoms with van der Waals surface area (Å²) in [5.74, 6) is -0.130. The molecule has 2 aliphatic rings. The topological polar surface area (TPSA) is 96.5 Å². The summed E-state index contributed by atoms with van der Waals surface area (Å²) in [5, 5.41) is 9.76. The molecular weight excluding hydrogens is 438 g/mol. The maximum atomic E-state index is 13.1. The van der Waals surface area contributed by atoms with Crippen LogP contribution < -0.4 is 16.0 Å². The van der Waals surface area contributed by atoms with Crippen LogP contribution in [0.5, 0.6) is 0 Å². The summed E-state index contributed by atoms with van der Waals surface area (Å²) < 4.78 is 5.29. The fourth-order valence-electron chi connectivity index (χ4n) is 4.87. The molecule has 3 N–H and O–H groups in total. The van der Waals surface area contributed by atoms with E-state index in [1.165, 1.54) is 11.3 Å². The highest BCUT2D eigenvalue weighted by molar-refractivity contribution is 7.17. The normalized spacial score (nSPS) is 17.2. The largest absolute Gasteiger partial charge is 0.462 e. The summed E-state index contributed by atoms with van der Waals surface area (Å²) in [6.45, 7) is 5.95. The van der Waals surface area contributed by atoms with Crippen LogP contribution in [0.4, 0.5) is 9.80 Å². The van der Waals surface area contributed by atoms with Gasteiger partial charge >= 0.3 is 12.0 Å². The molecule has 0 saturated carbocycles. The Bertz CT molecular complexity index is 817. The van der Waals surface area contributed by atoms with E-state index in [1.807, 2.05) is 0 Å². The number of urea groups is 1. The van der Waals surface area contributed by atoms with E-state index in [4.69, 9.17) is 4.74 Å². The molecule has 0 bridgehead atoms. The van der Waals surface area contributed by atoms with E-state index >= 15 is 0 Å². The van der Waals surface area contributed by atoms with E-state index in [1.54, 1.807) is 6.92 Å². The average molecular weight is 478 g/mol. The smallest absolute Gasteiger partial charge is 0.341 e. The number of thiophene rings is 1. The molecule has 1 aromatic heterocycles. The van der Waals surface area contributed by atoms with Crippen molar-refractivity contribution in [2.75, 3.05) is 25.0 Å². The summed E-state index contributed by atoms with van der Waals surface area (Å²) in [5.41, 5.74) is 1.51. The first-order valence-corrected chi connectivity index (χ1v) is 13.5. The van der Waals surface area contributed by atoms with E-state index < -0.39 is 12.1 Å². The highest BCUT2D eigenvalue weighted by Crippen LogP contribution is 2.38. The molecule has 1 aromatic rings. The summed E-state index contributed by atoms with van der Waals surface area (Å²) in [6.07, 6.45) is 10.3. The molecule has 3 rings (SSSR count). The molecule has 1 fully saturated rings. The number of anilines is 1. The fourth-order valence-corrected chi connectivity index (χ4v) is 6.15. The Kier molecular flexibility index (Phi) is 10.2. The molecule has 2 amide bonds. The first-order chi connectivity index (χ1) is 16.0. The zero-order valence-electron chi connectivity index (χ0n) is 20.1. The quantitative estimate of drug-likeness (QED) is 0.313. The van der Waals surface area contributed by atoms with Gasteiger partial charge in [0.25, 0.3) is 0 Å². The van der Waals surface area contributed by atoms with Crippen LogP contribution in [0.3, 0.4) is 0 Å². The van der Waals surface area contributed by atoms with Gasteiger partial charge in [-0.25, -0.2) is 9.59 Å². The molecule has 1 aliphatic heterocycles. The fraction of sp³-hybridized carbons (Fsp3) is 0.720. The van der Waals surface area contributed by atoms with E-state index in [0.29, 0.717) is 23.6 Å². The van der Waals surface area contributed by atoms with Crippen LogP contribution >= 0.6 is 11.3 Å². The second kappa shape index (κ2) is 13.1. The Hall–Kier alpha value is -1.93. The minimum absolute atomic E-state index is 0.115. The second-order valence-electron chi connectivity index (χ2n) is 9.08. The summed E-state index contributed by atoms with van der Waals surface area (Å²) in [4.78, 5) is 40.0. The van der Waals surface area contributed by atoms with Gasteiger partial charge in [-0.05, 0) is 76.4 Å². The van der Waals surface area contributed by atoms with Crippen LogP contribution in [0.25, 0.3) is 0 Å². The first-order valence-electron chi connectivity index (χ1n) is 12.7. The Morgan fingerprint density at radius 1 is 1.09 bits per heavy atom. The summed E-state index contributed by atoms with van der Waals surface area (Å²) >= 11 is 1.47. The van der Waals surface area contributed by atoms with Crippen LogP contribution in [0.15, 0.2) is 0 Å². The molecule has 1 saturated heterocycles. The number of hydrogen-bond acceptors (Lipinski definition) is 6. The number of fused-ring (bicyclic) bond motifs is 1. The standard InChI is InChI=1S/C25H39N3O4S/c1-3-5-6-7-11-19(29)22(17-13-15-26-16-14-17)27-25(31)28-23-21(24(30)32-4-2)18-10-8-9-12-20(18)33-23/h17,22,26H,3-16H2,1-2H3,(H2,27,28,31). The third-order valence-corrected chi connectivity index (χ3v) is 7.85. The van der Waals surface area contributed by atoms with Crippen molar-refractivity contribution in [3.8, 4) is 0 Å². The lowest BCUT2D eigenvalue weighted by Gasteiger charge is -2.30. The number of rotatable bonds is 11. The second-order valence-corrected chi connectivity index (χ2v) is 10.2.